The predicted octanol–water partition coefficient (Wildman–Crippen LogP) is 4.88. The van der Waals surface area contributed by atoms with Gasteiger partial charge < -0.3 is 4.43 Å². The minimum atomic E-state index is -2.66. The third kappa shape index (κ3) is 5.41. The summed E-state index contributed by atoms with van der Waals surface area (Å²) in [5.74, 6) is 0. The van der Waals surface area contributed by atoms with Gasteiger partial charge in [0.1, 0.15) is 5.67 Å². The monoisotopic (exact) mass is 475 g/mol. The molecule has 3 rings (SSSR count). The Hall–Kier alpha value is -1.34. The van der Waals surface area contributed by atoms with Crippen LogP contribution in [0.15, 0.2) is 60.7 Å². The van der Waals surface area contributed by atoms with Gasteiger partial charge in [-0.05, 0) is 55.4 Å². The fraction of sp³-hybridized carbons (Fsp3) is 0.538. The first-order chi connectivity index (χ1) is 14.9. The Balaban J connectivity index is 1.89. The van der Waals surface area contributed by atoms with Crippen LogP contribution >= 0.6 is 0 Å². The second-order valence-electron chi connectivity index (χ2n) is 10.9. The first-order valence-electron chi connectivity index (χ1n) is 11.5. The molecule has 1 aliphatic carbocycles. The molecule has 1 unspecified atom stereocenters. The number of halogens is 1. The highest BCUT2D eigenvalue weighted by Gasteiger charge is 2.53. The average molecular weight is 476 g/mol. The smallest absolute Gasteiger partial charge is 0.261 e. The Morgan fingerprint density at radius 2 is 1.44 bits per heavy atom. The van der Waals surface area contributed by atoms with Crippen molar-refractivity contribution < 1.29 is 13.0 Å². The molecule has 3 nitrogen and oxygen atoms in total. The van der Waals surface area contributed by atoms with E-state index in [2.05, 4.69) is 74.0 Å². The quantitative estimate of drug-likeness (QED) is 0.525. The molecule has 1 fully saturated rings. The fourth-order valence-electron chi connectivity index (χ4n) is 4.29. The maximum absolute atomic E-state index is 15.2. The summed E-state index contributed by atoms with van der Waals surface area (Å²) in [4.78, 5) is 0. The second kappa shape index (κ2) is 9.49. The van der Waals surface area contributed by atoms with Gasteiger partial charge in [-0.25, -0.2) is 13.3 Å². The molecule has 32 heavy (non-hydrogen) atoms. The van der Waals surface area contributed by atoms with Gasteiger partial charge >= 0.3 is 0 Å². The Morgan fingerprint density at radius 1 is 0.969 bits per heavy atom. The molecule has 0 aromatic heterocycles. The third-order valence-corrected chi connectivity index (χ3v) is 13.0. The van der Waals surface area contributed by atoms with E-state index in [0.29, 0.717) is 25.9 Å². The fourth-order valence-corrected chi connectivity index (χ4v) is 9.81. The molecular weight excluding hydrogens is 437 g/mol. The molecule has 2 atom stereocenters. The van der Waals surface area contributed by atoms with E-state index in [1.807, 2.05) is 32.9 Å². The number of benzene rings is 2. The van der Waals surface area contributed by atoms with Crippen LogP contribution in [0.3, 0.4) is 0 Å². The van der Waals surface area contributed by atoms with Gasteiger partial charge in [0.05, 0.1) is 21.8 Å². The van der Waals surface area contributed by atoms with Crippen LogP contribution in [0.2, 0.25) is 5.04 Å². The molecule has 0 amide bonds. The molecule has 2 aromatic rings. The van der Waals surface area contributed by atoms with Gasteiger partial charge in [-0.2, -0.15) is 0 Å². The lowest BCUT2D eigenvalue weighted by Gasteiger charge is -2.43. The van der Waals surface area contributed by atoms with Crippen LogP contribution in [0, 0.1) is 0 Å². The molecule has 176 valence electrons. The summed E-state index contributed by atoms with van der Waals surface area (Å²) in [6.45, 7) is 12.8. The average Bonchev–Trinajstić information content (AvgIpc) is 3.48. The highest BCUT2D eigenvalue weighted by atomic mass is 32.2. The number of hydrogen-bond acceptors (Lipinski definition) is 2. The summed E-state index contributed by atoms with van der Waals surface area (Å²) < 4.78 is 37.5. The lowest BCUT2D eigenvalue weighted by molar-refractivity contribution is 0.200. The molecule has 2 aromatic carbocycles. The van der Waals surface area contributed by atoms with E-state index < -0.39 is 35.8 Å². The van der Waals surface area contributed by atoms with E-state index in [1.54, 1.807) is 0 Å². The minimum Gasteiger partial charge on any atom is -0.407 e. The highest BCUT2D eigenvalue weighted by molar-refractivity contribution is 7.84. The SMILES string of the molecule is CC(C)(C)S(=O)N[C@@H](CCO[Si](c1ccccc1)(c1ccccc1)C(C)(C)C)C1(F)CC1. The Bertz CT molecular complexity index is 865. The molecule has 1 N–H and O–H groups in total. The summed E-state index contributed by atoms with van der Waals surface area (Å²) in [5, 5.41) is 2.30. The van der Waals surface area contributed by atoms with E-state index in [9.17, 15) is 4.21 Å². The topological polar surface area (TPSA) is 38.3 Å². The molecule has 1 saturated carbocycles. The van der Waals surface area contributed by atoms with Crippen LogP contribution in [0.5, 0.6) is 0 Å². The molecule has 0 heterocycles. The van der Waals surface area contributed by atoms with E-state index in [4.69, 9.17) is 4.43 Å². The van der Waals surface area contributed by atoms with Crippen molar-refractivity contribution in [3.63, 3.8) is 0 Å². The minimum absolute atomic E-state index is 0.125. The molecule has 0 radical (unpaired) electrons. The summed E-state index contributed by atoms with van der Waals surface area (Å²) in [5.41, 5.74) is -1.28. The van der Waals surface area contributed by atoms with Gasteiger partial charge in [-0.1, -0.05) is 81.4 Å². The number of nitrogens with one attached hydrogen (secondary N) is 1. The molecular formula is C26H38FNO2SSi. The molecule has 0 saturated heterocycles. The lowest BCUT2D eigenvalue weighted by atomic mass is 10.1. The summed E-state index contributed by atoms with van der Waals surface area (Å²) in [7, 11) is -3.98. The van der Waals surface area contributed by atoms with Crippen molar-refractivity contribution in [2.75, 3.05) is 6.61 Å². The number of alkyl halides is 1. The van der Waals surface area contributed by atoms with Crippen LogP contribution in [0.25, 0.3) is 0 Å². The van der Waals surface area contributed by atoms with Crippen molar-refractivity contribution in [3.8, 4) is 0 Å². The second-order valence-corrected chi connectivity index (χ2v) is 17.2. The van der Waals surface area contributed by atoms with E-state index >= 15 is 4.39 Å². The van der Waals surface area contributed by atoms with E-state index in [0.717, 1.165) is 0 Å². The largest absolute Gasteiger partial charge is 0.407 e. The van der Waals surface area contributed by atoms with Crippen molar-refractivity contribution in [2.24, 2.45) is 0 Å². The van der Waals surface area contributed by atoms with Crippen molar-refractivity contribution in [3.05, 3.63) is 60.7 Å². The first-order valence-corrected chi connectivity index (χ1v) is 14.6. The molecule has 0 spiro atoms. The van der Waals surface area contributed by atoms with E-state index in [-0.39, 0.29) is 5.04 Å². The molecule has 0 bridgehead atoms. The summed E-state index contributed by atoms with van der Waals surface area (Å²) in [6.07, 6.45) is 1.53. The van der Waals surface area contributed by atoms with Crippen molar-refractivity contribution in [1.29, 1.82) is 0 Å². The Kier molecular flexibility index (Phi) is 7.50. The molecule has 0 aliphatic heterocycles. The predicted molar refractivity (Wildman–Crippen MR) is 136 cm³/mol. The van der Waals surface area contributed by atoms with Crippen LogP contribution in [0.4, 0.5) is 4.39 Å². The Morgan fingerprint density at radius 3 is 1.81 bits per heavy atom. The number of hydrogen-bond donors (Lipinski definition) is 1. The van der Waals surface area contributed by atoms with E-state index in [1.165, 1.54) is 10.4 Å². The van der Waals surface area contributed by atoms with Gasteiger partial charge in [0.25, 0.3) is 8.32 Å². The zero-order valence-electron chi connectivity index (χ0n) is 20.3. The van der Waals surface area contributed by atoms with Gasteiger partial charge in [0, 0.05) is 6.61 Å². The van der Waals surface area contributed by atoms with Crippen molar-refractivity contribution in [1.82, 2.24) is 4.72 Å². The maximum atomic E-state index is 15.2. The highest BCUT2D eigenvalue weighted by Crippen LogP contribution is 2.45. The lowest BCUT2D eigenvalue weighted by Crippen LogP contribution is -2.66. The number of rotatable bonds is 9. The molecule has 1 aliphatic rings. The maximum Gasteiger partial charge on any atom is 0.261 e. The van der Waals surface area contributed by atoms with Crippen LogP contribution in [-0.2, 0) is 15.4 Å². The van der Waals surface area contributed by atoms with Gasteiger partial charge in [0.2, 0.25) is 0 Å². The summed E-state index contributed by atoms with van der Waals surface area (Å²) in [6, 6.07) is 20.5. The Labute approximate surface area is 196 Å². The third-order valence-electron chi connectivity index (χ3n) is 6.30. The van der Waals surface area contributed by atoms with Crippen molar-refractivity contribution in [2.45, 2.75) is 82.3 Å². The molecule has 6 heteroatoms. The van der Waals surface area contributed by atoms with Crippen molar-refractivity contribution >= 4 is 29.7 Å². The van der Waals surface area contributed by atoms with Crippen LogP contribution in [0.1, 0.15) is 60.8 Å². The summed E-state index contributed by atoms with van der Waals surface area (Å²) >= 11 is 0. The van der Waals surface area contributed by atoms with Crippen LogP contribution < -0.4 is 15.1 Å². The zero-order valence-corrected chi connectivity index (χ0v) is 22.1. The van der Waals surface area contributed by atoms with Gasteiger partial charge in [-0.3, -0.25) is 0 Å². The normalized spacial score (nSPS) is 18.2. The van der Waals surface area contributed by atoms with Gasteiger partial charge in [-0.15, -0.1) is 0 Å². The van der Waals surface area contributed by atoms with Crippen LogP contribution in [-0.4, -0.2) is 35.6 Å². The van der Waals surface area contributed by atoms with Gasteiger partial charge in [0.15, 0.2) is 0 Å². The zero-order chi connectivity index (χ0) is 23.6. The standard InChI is InChI=1S/C26H38FNO2SSi/c1-24(2,3)31(29)28-23(26(27)18-19-26)17-20-30-32(25(4,5)6,21-13-9-7-10-14-21)22-15-11-8-12-16-22/h7-16,23,28H,17-20H2,1-6H3/t23-,31?/m0/s1. The first kappa shape index (κ1) is 25.3.